The first-order valence-electron chi connectivity index (χ1n) is 18.5. The van der Waals surface area contributed by atoms with Crippen molar-refractivity contribution in [1.82, 2.24) is 9.97 Å². The Morgan fingerprint density at radius 3 is 1.77 bits per heavy atom. The second-order valence-corrected chi connectivity index (χ2v) is 15.6. The van der Waals surface area contributed by atoms with Gasteiger partial charge in [0.05, 0.1) is 11.4 Å². The zero-order valence-corrected chi connectivity index (χ0v) is 31.3. The Labute approximate surface area is 316 Å². The Kier molecular flexibility index (Phi) is 8.25. The van der Waals surface area contributed by atoms with Crippen molar-refractivity contribution in [3.05, 3.63) is 173 Å². The summed E-state index contributed by atoms with van der Waals surface area (Å²) in [5.74, 6) is 0.720. The summed E-state index contributed by atoms with van der Waals surface area (Å²) in [5, 5.41) is 1.33. The molecular weight excluding hydrogens is 661 g/mol. The number of allylic oxidation sites excluding steroid dienone is 1. The highest BCUT2D eigenvalue weighted by molar-refractivity contribution is 7.19. The molecule has 0 N–H and O–H groups in total. The van der Waals surface area contributed by atoms with Crippen LogP contribution in [0, 0.1) is 0 Å². The van der Waals surface area contributed by atoms with Gasteiger partial charge in [0.1, 0.15) is 0 Å². The Morgan fingerprint density at radius 1 is 0.547 bits per heavy atom. The number of fused-ring (bicyclic) bond motifs is 4. The average Bonchev–Trinajstić information content (AvgIpc) is 3.68. The Bertz CT molecular complexity index is 2660. The third-order valence-electron chi connectivity index (χ3n) is 10.8. The van der Waals surface area contributed by atoms with Crippen LogP contribution >= 0.6 is 11.3 Å². The maximum absolute atomic E-state index is 5.10. The number of aromatic nitrogens is 2. The predicted octanol–water partition coefficient (Wildman–Crippen LogP) is 13.9. The van der Waals surface area contributed by atoms with Crippen LogP contribution in [-0.2, 0) is 11.8 Å². The largest absolute Gasteiger partial charge is 0.228 e. The van der Waals surface area contributed by atoms with Crippen molar-refractivity contribution < 1.29 is 0 Å². The average molecular weight is 701 g/mol. The number of hydrogen-bond acceptors (Lipinski definition) is 3. The summed E-state index contributed by atoms with van der Waals surface area (Å²) in [7, 11) is 0. The minimum absolute atomic E-state index is 0.0304. The summed E-state index contributed by atoms with van der Waals surface area (Å²) in [4.78, 5) is 11.6. The number of thiophene rings is 1. The van der Waals surface area contributed by atoms with E-state index < -0.39 is 0 Å². The van der Waals surface area contributed by atoms with Gasteiger partial charge >= 0.3 is 0 Å². The topological polar surface area (TPSA) is 25.8 Å². The molecule has 2 nitrogen and oxygen atoms in total. The van der Waals surface area contributed by atoms with E-state index in [2.05, 4.69) is 167 Å². The molecule has 9 rings (SSSR count). The van der Waals surface area contributed by atoms with Gasteiger partial charge in [-0.25, -0.2) is 9.97 Å². The molecule has 8 aromatic rings. The van der Waals surface area contributed by atoms with E-state index in [4.69, 9.17) is 9.97 Å². The number of benzene rings is 6. The maximum atomic E-state index is 5.10. The lowest BCUT2D eigenvalue weighted by Gasteiger charge is -2.22. The fourth-order valence-electron chi connectivity index (χ4n) is 7.97. The van der Waals surface area contributed by atoms with Crippen molar-refractivity contribution in [1.29, 1.82) is 0 Å². The molecule has 0 unspecified atom stereocenters. The van der Waals surface area contributed by atoms with Crippen molar-refractivity contribution in [3.63, 3.8) is 0 Å². The monoisotopic (exact) mass is 700 g/mol. The molecule has 53 heavy (non-hydrogen) atoms. The van der Waals surface area contributed by atoms with Gasteiger partial charge in [-0.05, 0) is 87.7 Å². The van der Waals surface area contributed by atoms with E-state index in [-0.39, 0.29) is 5.41 Å². The normalized spacial score (nSPS) is 13.1. The second kappa shape index (κ2) is 13.3. The zero-order chi connectivity index (χ0) is 36.1. The molecule has 1 aliphatic carbocycles. The second-order valence-electron chi connectivity index (χ2n) is 14.4. The fraction of sp³-hybridized carbons (Fsp3) is 0.120. The SMILES string of the molecule is C/C=C\c1c(CC)sc2ccc(-c3ccc(-c4cc(-c5ccc(-c6ccc7c(c6)C(C)(C)c6ccccc6-7)cc5)nc(-c5ccccc5)n4)cc3)cc12. The summed E-state index contributed by atoms with van der Waals surface area (Å²) in [6, 6.07) is 52.6. The van der Waals surface area contributed by atoms with Gasteiger partial charge in [-0.2, -0.15) is 0 Å². The van der Waals surface area contributed by atoms with Gasteiger partial charge in [0, 0.05) is 37.1 Å². The molecule has 0 saturated heterocycles. The first-order chi connectivity index (χ1) is 25.9. The molecule has 0 fully saturated rings. The third-order valence-corrected chi connectivity index (χ3v) is 12.2. The first kappa shape index (κ1) is 33.0. The van der Waals surface area contributed by atoms with E-state index in [9.17, 15) is 0 Å². The fourth-order valence-corrected chi connectivity index (χ4v) is 9.08. The molecule has 2 heterocycles. The molecule has 3 heteroatoms. The Balaban J connectivity index is 1.06. The summed E-state index contributed by atoms with van der Waals surface area (Å²) in [6.07, 6.45) is 5.44. The molecular formula is C50H40N2S. The number of hydrogen-bond donors (Lipinski definition) is 0. The molecule has 2 aromatic heterocycles. The number of rotatable bonds is 7. The first-order valence-corrected chi connectivity index (χ1v) is 19.3. The molecule has 1 aliphatic rings. The van der Waals surface area contributed by atoms with E-state index in [0.29, 0.717) is 0 Å². The minimum atomic E-state index is -0.0304. The third kappa shape index (κ3) is 5.82. The van der Waals surface area contributed by atoms with E-state index in [1.165, 1.54) is 65.0 Å². The summed E-state index contributed by atoms with van der Waals surface area (Å²) >= 11 is 1.90. The van der Waals surface area contributed by atoms with Crippen molar-refractivity contribution in [2.24, 2.45) is 0 Å². The molecule has 0 amide bonds. The lowest BCUT2D eigenvalue weighted by molar-refractivity contribution is 0.660. The lowest BCUT2D eigenvalue weighted by Crippen LogP contribution is -2.14. The van der Waals surface area contributed by atoms with Crippen LogP contribution in [0.1, 0.15) is 49.3 Å². The molecule has 0 spiro atoms. The summed E-state index contributed by atoms with van der Waals surface area (Å²) in [5.41, 5.74) is 16.6. The standard InChI is InChI=1S/C50H40N2S/c1-5-12-41-42-29-37(26-28-48(42)53-47(41)6-2)32-17-21-34(22-18-32)45-31-46(52-49(51-45)36-13-8-7-9-14-36)35-23-19-33(20-24-35)38-25-27-40-39-15-10-11-16-43(39)50(3,4)44(40)30-38/h5,7-31H,6H2,1-4H3/b12-5-. The van der Waals surface area contributed by atoms with E-state index in [1.807, 2.05) is 29.5 Å². The van der Waals surface area contributed by atoms with Gasteiger partial charge < -0.3 is 0 Å². The highest BCUT2D eigenvalue weighted by Crippen LogP contribution is 2.49. The van der Waals surface area contributed by atoms with Crippen molar-refractivity contribution in [2.75, 3.05) is 0 Å². The lowest BCUT2D eigenvalue weighted by atomic mass is 9.81. The van der Waals surface area contributed by atoms with Crippen LogP contribution < -0.4 is 0 Å². The highest BCUT2D eigenvalue weighted by Gasteiger charge is 2.35. The maximum Gasteiger partial charge on any atom is 0.160 e. The van der Waals surface area contributed by atoms with Gasteiger partial charge in [0.15, 0.2) is 5.82 Å². The quantitative estimate of drug-likeness (QED) is 0.165. The number of nitrogens with zero attached hydrogens (tertiary/aromatic N) is 2. The van der Waals surface area contributed by atoms with E-state index in [1.54, 1.807) is 0 Å². The zero-order valence-electron chi connectivity index (χ0n) is 30.5. The van der Waals surface area contributed by atoms with Crippen LogP contribution in [-0.4, -0.2) is 9.97 Å². The molecule has 0 atom stereocenters. The van der Waals surface area contributed by atoms with Crippen LogP contribution in [0.2, 0.25) is 0 Å². The van der Waals surface area contributed by atoms with Crippen LogP contribution in [0.25, 0.3) is 83.4 Å². The minimum Gasteiger partial charge on any atom is -0.228 e. The van der Waals surface area contributed by atoms with E-state index in [0.717, 1.165) is 40.3 Å². The molecule has 0 aliphatic heterocycles. The van der Waals surface area contributed by atoms with Crippen LogP contribution in [0.4, 0.5) is 0 Å². The molecule has 0 saturated carbocycles. The van der Waals surface area contributed by atoms with Gasteiger partial charge in [-0.15, -0.1) is 11.3 Å². The van der Waals surface area contributed by atoms with Gasteiger partial charge in [-0.3, -0.25) is 0 Å². The summed E-state index contributed by atoms with van der Waals surface area (Å²) in [6.45, 7) is 9.00. The van der Waals surface area contributed by atoms with Crippen molar-refractivity contribution >= 4 is 27.5 Å². The van der Waals surface area contributed by atoms with Gasteiger partial charge in [-0.1, -0.05) is 154 Å². The van der Waals surface area contributed by atoms with Gasteiger partial charge in [0.25, 0.3) is 0 Å². The van der Waals surface area contributed by atoms with Crippen LogP contribution in [0.3, 0.4) is 0 Å². The number of aryl methyl sites for hydroxylation is 1. The molecule has 0 radical (unpaired) electrons. The van der Waals surface area contributed by atoms with Crippen LogP contribution in [0.15, 0.2) is 152 Å². The van der Waals surface area contributed by atoms with Crippen molar-refractivity contribution in [3.8, 4) is 67.3 Å². The Hall–Kier alpha value is -5.90. The smallest absolute Gasteiger partial charge is 0.160 e. The molecule has 6 aromatic carbocycles. The summed E-state index contributed by atoms with van der Waals surface area (Å²) < 4.78 is 1.34. The highest BCUT2D eigenvalue weighted by atomic mass is 32.1. The molecule has 256 valence electrons. The van der Waals surface area contributed by atoms with Gasteiger partial charge in [0.2, 0.25) is 0 Å². The van der Waals surface area contributed by atoms with Crippen LogP contribution in [0.5, 0.6) is 0 Å². The predicted molar refractivity (Wildman–Crippen MR) is 226 cm³/mol. The van der Waals surface area contributed by atoms with Crippen molar-refractivity contribution in [2.45, 2.75) is 39.5 Å². The van der Waals surface area contributed by atoms with E-state index >= 15 is 0 Å². The Morgan fingerprint density at radius 2 is 1.11 bits per heavy atom. The molecule has 0 bridgehead atoms.